The van der Waals surface area contributed by atoms with Crippen molar-refractivity contribution in [2.45, 2.75) is 19.6 Å². The Morgan fingerprint density at radius 3 is 2.34 bits per heavy atom. The lowest BCUT2D eigenvalue weighted by atomic mass is 10.1. The molecule has 0 spiro atoms. The highest BCUT2D eigenvalue weighted by Gasteiger charge is 2.15. The molecule has 0 saturated heterocycles. The third-order valence-corrected chi connectivity index (χ3v) is 4.86. The standard InChI is InChI=1S/C23H25ClN2O3/c1-16(24)13-26-20-12-22(29-4)21(28-3)11-18(20)10-19(23(26)27)15-25(2)14-17-8-6-5-7-9-17/h5-12H,1,13-15H2,2-4H3. The summed E-state index contributed by atoms with van der Waals surface area (Å²) in [7, 11) is 5.16. The summed E-state index contributed by atoms with van der Waals surface area (Å²) in [6.45, 7) is 5.23. The first-order valence-electron chi connectivity index (χ1n) is 9.27. The molecule has 6 heteroatoms. The Balaban J connectivity index is 2.05. The van der Waals surface area contributed by atoms with Gasteiger partial charge in [0.05, 0.1) is 26.3 Å². The van der Waals surface area contributed by atoms with Gasteiger partial charge in [-0.25, -0.2) is 0 Å². The van der Waals surface area contributed by atoms with Crippen molar-refractivity contribution >= 4 is 22.5 Å². The lowest BCUT2D eigenvalue weighted by Crippen LogP contribution is -2.28. The van der Waals surface area contributed by atoms with Gasteiger partial charge >= 0.3 is 0 Å². The van der Waals surface area contributed by atoms with Crippen molar-refractivity contribution in [3.8, 4) is 11.5 Å². The Bertz CT molecular complexity index is 1080. The molecule has 29 heavy (non-hydrogen) atoms. The van der Waals surface area contributed by atoms with Crippen molar-refractivity contribution in [1.82, 2.24) is 9.47 Å². The summed E-state index contributed by atoms with van der Waals surface area (Å²) in [5.74, 6) is 1.17. The molecule has 0 radical (unpaired) electrons. The van der Waals surface area contributed by atoms with Crippen molar-refractivity contribution < 1.29 is 9.47 Å². The van der Waals surface area contributed by atoms with Crippen LogP contribution in [0, 0.1) is 0 Å². The van der Waals surface area contributed by atoms with Crippen LogP contribution in [0.3, 0.4) is 0 Å². The fourth-order valence-electron chi connectivity index (χ4n) is 3.45. The lowest BCUT2D eigenvalue weighted by molar-refractivity contribution is 0.317. The molecule has 2 aromatic carbocycles. The molecule has 0 N–H and O–H groups in total. The zero-order valence-corrected chi connectivity index (χ0v) is 17.7. The van der Waals surface area contributed by atoms with Crippen molar-refractivity contribution in [2.75, 3.05) is 21.3 Å². The van der Waals surface area contributed by atoms with Gasteiger partial charge in [-0.3, -0.25) is 9.69 Å². The molecule has 1 aromatic heterocycles. The van der Waals surface area contributed by atoms with Crippen LogP contribution < -0.4 is 15.0 Å². The van der Waals surface area contributed by atoms with E-state index < -0.39 is 0 Å². The molecule has 0 aliphatic carbocycles. The number of benzene rings is 2. The molecule has 0 amide bonds. The fourth-order valence-corrected chi connectivity index (χ4v) is 3.57. The molecule has 0 bridgehead atoms. The molecule has 0 aliphatic rings. The zero-order valence-electron chi connectivity index (χ0n) is 16.9. The van der Waals surface area contributed by atoms with E-state index in [1.54, 1.807) is 24.9 Å². The monoisotopic (exact) mass is 412 g/mol. The molecule has 0 unspecified atom stereocenters. The number of aromatic nitrogens is 1. The highest BCUT2D eigenvalue weighted by Crippen LogP contribution is 2.32. The van der Waals surface area contributed by atoms with Crippen LogP contribution in [0.2, 0.25) is 0 Å². The Labute approximate surface area is 175 Å². The highest BCUT2D eigenvalue weighted by atomic mass is 35.5. The third-order valence-electron chi connectivity index (χ3n) is 4.74. The molecule has 152 valence electrons. The second kappa shape index (κ2) is 9.16. The summed E-state index contributed by atoms with van der Waals surface area (Å²) in [5, 5.41) is 1.27. The first kappa shape index (κ1) is 21.0. The number of hydrogen-bond acceptors (Lipinski definition) is 4. The van der Waals surface area contributed by atoms with Crippen molar-refractivity contribution in [2.24, 2.45) is 0 Å². The molecule has 3 aromatic rings. The Kier molecular flexibility index (Phi) is 6.62. The molecule has 0 fully saturated rings. The predicted octanol–water partition coefficient (Wildman–Crippen LogP) is 4.40. The van der Waals surface area contributed by atoms with Gasteiger partial charge in [-0.05, 0) is 24.7 Å². The summed E-state index contributed by atoms with van der Waals surface area (Å²) in [4.78, 5) is 15.3. The lowest BCUT2D eigenvalue weighted by Gasteiger charge is -2.19. The summed E-state index contributed by atoms with van der Waals surface area (Å²) >= 11 is 6.06. The van der Waals surface area contributed by atoms with Crippen molar-refractivity contribution in [1.29, 1.82) is 0 Å². The second-order valence-electron chi connectivity index (χ2n) is 7.00. The van der Waals surface area contributed by atoms with Crippen LogP contribution in [0.1, 0.15) is 11.1 Å². The number of nitrogens with zero attached hydrogens (tertiary/aromatic N) is 2. The number of methoxy groups -OCH3 is 2. The number of ether oxygens (including phenoxy) is 2. The van der Waals surface area contributed by atoms with E-state index in [2.05, 4.69) is 23.6 Å². The van der Waals surface area contributed by atoms with Gasteiger partial charge in [0.1, 0.15) is 0 Å². The number of hydrogen-bond donors (Lipinski definition) is 0. The van der Waals surface area contributed by atoms with Gasteiger partial charge in [0.25, 0.3) is 5.56 Å². The number of pyridine rings is 1. The van der Waals surface area contributed by atoms with Gasteiger partial charge in [0.2, 0.25) is 0 Å². The van der Waals surface area contributed by atoms with Gasteiger partial charge < -0.3 is 14.0 Å². The normalized spacial score (nSPS) is 11.1. The first-order valence-corrected chi connectivity index (χ1v) is 9.65. The molecular formula is C23H25ClN2O3. The van der Waals surface area contributed by atoms with E-state index in [0.29, 0.717) is 28.6 Å². The smallest absolute Gasteiger partial charge is 0.255 e. The maximum Gasteiger partial charge on any atom is 0.255 e. The largest absolute Gasteiger partial charge is 0.493 e. The van der Waals surface area contributed by atoms with Crippen LogP contribution in [0.25, 0.3) is 10.9 Å². The van der Waals surface area contributed by atoms with Crippen LogP contribution >= 0.6 is 11.6 Å². The SMILES string of the molecule is C=C(Cl)Cn1c(=O)c(CN(C)Cc2ccccc2)cc2cc(OC)c(OC)cc21. The Morgan fingerprint density at radius 2 is 1.72 bits per heavy atom. The maximum atomic E-state index is 13.2. The molecule has 1 heterocycles. The topological polar surface area (TPSA) is 43.7 Å². The van der Waals surface area contributed by atoms with E-state index in [1.165, 1.54) is 5.56 Å². The van der Waals surface area contributed by atoms with Crippen LogP contribution in [0.5, 0.6) is 11.5 Å². The summed E-state index contributed by atoms with van der Waals surface area (Å²) in [6.07, 6.45) is 0. The first-order chi connectivity index (χ1) is 13.9. The molecule has 0 aliphatic heterocycles. The molecule has 0 atom stereocenters. The summed E-state index contributed by atoms with van der Waals surface area (Å²) < 4.78 is 12.5. The third kappa shape index (κ3) is 4.81. The second-order valence-corrected chi connectivity index (χ2v) is 7.54. The van der Waals surface area contributed by atoms with Crippen LogP contribution in [0.4, 0.5) is 0 Å². The quantitative estimate of drug-likeness (QED) is 0.550. The van der Waals surface area contributed by atoms with Gasteiger partial charge in [0.15, 0.2) is 11.5 Å². The number of fused-ring (bicyclic) bond motifs is 1. The zero-order chi connectivity index (χ0) is 21.0. The molecule has 5 nitrogen and oxygen atoms in total. The van der Waals surface area contributed by atoms with Crippen LogP contribution in [-0.4, -0.2) is 30.7 Å². The Hall–Kier alpha value is -2.76. The number of allylic oxidation sites excluding steroid dienone is 1. The number of halogens is 1. The maximum absolute atomic E-state index is 13.2. The predicted molar refractivity (Wildman–Crippen MR) is 118 cm³/mol. The van der Waals surface area contributed by atoms with Gasteiger partial charge in [-0.2, -0.15) is 0 Å². The van der Waals surface area contributed by atoms with E-state index in [9.17, 15) is 4.79 Å². The van der Waals surface area contributed by atoms with E-state index in [4.69, 9.17) is 21.1 Å². The minimum absolute atomic E-state index is 0.0913. The van der Waals surface area contributed by atoms with Gasteiger partial charge in [-0.1, -0.05) is 48.5 Å². The van der Waals surface area contributed by atoms with Gasteiger partial charge in [0, 0.05) is 35.1 Å². The van der Waals surface area contributed by atoms with Crippen molar-refractivity contribution in [3.05, 3.63) is 81.6 Å². The fraction of sp³-hybridized carbons (Fsp3) is 0.261. The average Bonchev–Trinajstić information content (AvgIpc) is 2.70. The average molecular weight is 413 g/mol. The van der Waals surface area contributed by atoms with E-state index in [1.807, 2.05) is 37.4 Å². The summed E-state index contributed by atoms with van der Waals surface area (Å²) in [6, 6.07) is 15.7. The Morgan fingerprint density at radius 1 is 1.07 bits per heavy atom. The van der Waals surface area contributed by atoms with Crippen LogP contribution in [-0.2, 0) is 19.6 Å². The van der Waals surface area contributed by atoms with E-state index in [-0.39, 0.29) is 12.1 Å². The molecule has 0 saturated carbocycles. The molecule has 3 rings (SSSR count). The van der Waals surface area contributed by atoms with Gasteiger partial charge in [-0.15, -0.1) is 0 Å². The minimum Gasteiger partial charge on any atom is -0.493 e. The van der Waals surface area contributed by atoms with E-state index in [0.717, 1.165) is 17.4 Å². The van der Waals surface area contributed by atoms with Crippen molar-refractivity contribution in [3.63, 3.8) is 0 Å². The van der Waals surface area contributed by atoms with Crippen LogP contribution in [0.15, 0.2) is 64.9 Å². The minimum atomic E-state index is -0.0913. The summed E-state index contributed by atoms with van der Waals surface area (Å²) in [5.41, 5.74) is 2.51. The molecular weight excluding hydrogens is 388 g/mol. The number of rotatable bonds is 8. The van der Waals surface area contributed by atoms with E-state index >= 15 is 0 Å². The highest BCUT2D eigenvalue weighted by molar-refractivity contribution is 6.29.